The number of aliphatic imine (C=N–C) groups is 1. The Bertz CT molecular complexity index is 1280. The average molecular weight is 605 g/mol. The van der Waals surface area contributed by atoms with E-state index < -0.39 is 0 Å². The van der Waals surface area contributed by atoms with Crippen LogP contribution in [0.4, 0.5) is 11.4 Å². The van der Waals surface area contributed by atoms with E-state index in [2.05, 4.69) is 98.4 Å². The standard InChI is InChI=1S/C33H42N3.C4H8O.Cr/c1-20(2)26-14-11-15-27(21(3)4)32(26)34-24(9)30-18-13-19-31(36-30)25(10)35-33-28(22(5)6)16-12-17-29(33)23(7)8;1-2-4-5-3-1;/h11-23H,9H2,1-8,10H3;1-4H2;/q-1;;. The van der Waals surface area contributed by atoms with Gasteiger partial charge in [-0.2, -0.15) is 0 Å². The summed E-state index contributed by atoms with van der Waals surface area (Å²) in [5, 5.41) is 5.03. The molecule has 0 bridgehead atoms. The van der Waals surface area contributed by atoms with Crippen LogP contribution in [0, 0.1) is 0 Å². The molecule has 0 N–H and O–H groups in total. The molecule has 4 nitrogen and oxygen atoms in total. The van der Waals surface area contributed by atoms with Crippen LogP contribution in [-0.4, -0.2) is 23.9 Å². The molecule has 0 unspecified atom stereocenters. The number of pyridine rings is 1. The number of aromatic nitrogens is 1. The van der Waals surface area contributed by atoms with Crippen molar-refractivity contribution in [2.75, 3.05) is 13.2 Å². The molecule has 2 heterocycles. The van der Waals surface area contributed by atoms with Crippen LogP contribution in [0.3, 0.4) is 0 Å². The number of para-hydroxylation sites is 2. The Morgan fingerprint density at radius 1 is 0.714 bits per heavy atom. The quantitative estimate of drug-likeness (QED) is 0.228. The van der Waals surface area contributed by atoms with Crippen molar-refractivity contribution in [3.63, 3.8) is 0 Å². The van der Waals surface area contributed by atoms with Crippen molar-refractivity contribution in [3.8, 4) is 0 Å². The van der Waals surface area contributed by atoms with Crippen LogP contribution in [0.5, 0.6) is 0 Å². The molecule has 0 amide bonds. The molecule has 1 aromatic heterocycles. The second-order valence-electron chi connectivity index (χ2n) is 12.2. The SMILES string of the molecule is C1CCOC1.C=C([N-]c1c(C(C)C)cccc1C(C)C)c1cccc(C(C)=Nc2c(C(C)C)cccc2C(C)C)n1.[Cr]. The van der Waals surface area contributed by atoms with E-state index in [1.807, 2.05) is 25.1 Å². The van der Waals surface area contributed by atoms with E-state index in [4.69, 9.17) is 20.0 Å². The molecule has 1 saturated heterocycles. The van der Waals surface area contributed by atoms with Gasteiger partial charge in [-0.05, 0) is 66.7 Å². The topological polar surface area (TPSA) is 48.6 Å². The van der Waals surface area contributed by atoms with Crippen molar-refractivity contribution in [1.82, 2.24) is 4.98 Å². The van der Waals surface area contributed by atoms with Gasteiger partial charge in [0.2, 0.25) is 0 Å². The summed E-state index contributed by atoms with van der Waals surface area (Å²) in [4.78, 5) is 10.1. The molecule has 0 radical (unpaired) electrons. The Morgan fingerprint density at radius 3 is 1.57 bits per heavy atom. The number of hydrogen-bond donors (Lipinski definition) is 0. The van der Waals surface area contributed by atoms with E-state index in [1.165, 1.54) is 35.1 Å². The molecule has 226 valence electrons. The second kappa shape index (κ2) is 16.8. The molecule has 1 aliphatic heterocycles. The minimum atomic E-state index is 0. The average Bonchev–Trinajstić information content (AvgIpc) is 3.53. The van der Waals surface area contributed by atoms with Gasteiger partial charge in [-0.1, -0.05) is 109 Å². The van der Waals surface area contributed by atoms with Gasteiger partial charge in [-0.15, -0.1) is 18.0 Å². The molecule has 3 aromatic rings. The summed E-state index contributed by atoms with van der Waals surface area (Å²) in [6.07, 6.45) is 2.56. The molecule has 0 saturated carbocycles. The summed E-state index contributed by atoms with van der Waals surface area (Å²) in [6.45, 7) is 26.1. The molecule has 1 aliphatic rings. The second-order valence-corrected chi connectivity index (χ2v) is 12.2. The van der Waals surface area contributed by atoms with E-state index in [-0.39, 0.29) is 17.4 Å². The maximum Gasteiger partial charge on any atom is 0.0848 e. The Morgan fingerprint density at radius 2 is 1.14 bits per heavy atom. The Balaban J connectivity index is 0.000000927. The zero-order valence-electron chi connectivity index (χ0n) is 27.2. The predicted octanol–water partition coefficient (Wildman–Crippen LogP) is 11.2. The van der Waals surface area contributed by atoms with E-state index in [0.717, 1.165) is 41.7 Å². The predicted molar refractivity (Wildman–Crippen MR) is 177 cm³/mol. The Labute approximate surface area is 266 Å². The number of hydrogen-bond acceptors (Lipinski definition) is 3. The minimum absolute atomic E-state index is 0. The van der Waals surface area contributed by atoms with Crippen molar-refractivity contribution in [1.29, 1.82) is 0 Å². The Kier molecular flexibility index (Phi) is 14.2. The van der Waals surface area contributed by atoms with Crippen LogP contribution >= 0.6 is 0 Å². The first kappa shape index (κ1) is 35.5. The van der Waals surface area contributed by atoms with Crippen LogP contribution in [0.2, 0.25) is 0 Å². The van der Waals surface area contributed by atoms with Gasteiger partial charge in [0.1, 0.15) is 0 Å². The third-order valence-electron chi connectivity index (χ3n) is 7.45. The van der Waals surface area contributed by atoms with Crippen LogP contribution in [0.15, 0.2) is 66.2 Å². The van der Waals surface area contributed by atoms with Crippen molar-refractivity contribution < 1.29 is 22.1 Å². The molecule has 5 heteroatoms. The van der Waals surface area contributed by atoms with Crippen molar-refractivity contribution in [2.45, 2.75) is 98.8 Å². The maximum atomic E-state index is 5.12. The number of nitrogens with zero attached hydrogens (tertiary/aromatic N) is 3. The smallest absolute Gasteiger partial charge is 0.0848 e. The van der Waals surface area contributed by atoms with Gasteiger partial charge >= 0.3 is 0 Å². The number of ether oxygens (including phenoxy) is 1. The zero-order chi connectivity index (χ0) is 30.1. The van der Waals surface area contributed by atoms with Crippen LogP contribution in [-0.2, 0) is 22.1 Å². The van der Waals surface area contributed by atoms with Gasteiger partial charge in [0.15, 0.2) is 0 Å². The van der Waals surface area contributed by atoms with Crippen molar-refractivity contribution in [2.24, 2.45) is 4.99 Å². The summed E-state index contributed by atoms with van der Waals surface area (Å²) >= 11 is 0. The molecule has 0 atom stereocenters. The van der Waals surface area contributed by atoms with Gasteiger partial charge in [-0.3, -0.25) is 4.99 Å². The van der Waals surface area contributed by atoms with Gasteiger partial charge in [0.05, 0.1) is 17.1 Å². The number of rotatable bonds is 9. The summed E-state index contributed by atoms with van der Waals surface area (Å²) in [5.74, 6) is 1.54. The van der Waals surface area contributed by atoms with E-state index >= 15 is 0 Å². The summed E-state index contributed by atoms with van der Waals surface area (Å²) in [6, 6.07) is 19.0. The summed E-state index contributed by atoms with van der Waals surface area (Å²) in [5.41, 5.74) is 10.3. The van der Waals surface area contributed by atoms with Crippen molar-refractivity contribution >= 4 is 22.8 Å². The molecule has 4 rings (SSSR count). The van der Waals surface area contributed by atoms with E-state index in [0.29, 0.717) is 29.4 Å². The van der Waals surface area contributed by atoms with Gasteiger partial charge in [0, 0.05) is 36.3 Å². The molecule has 2 aromatic carbocycles. The molecule has 1 fully saturated rings. The summed E-state index contributed by atoms with van der Waals surface area (Å²) < 4.78 is 4.94. The van der Waals surface area contributed by atoms with E-state index in [9.17, 15) is 0 Å². The summed E-state index contributed by atoms with van der Waals surface area (Å²) in [7, 11) is 0. The van der Waals surface area contributed by atoms with E-state index in [1.54, 1.807) is 0 Å². The number of benzene rings is 2. The first-order valence-electron chi connectivity index (χ1n) is 15.3. The van der Waals surface area contributed by atoms with Gasteiger partial charge < -0.3 is 10.1 Å². The third kappa shape index (κ3) is 9.40. The fourth-order valence-electron chi connectivity index (χ4n) is 5.01. The molecule has 42 heavy (non-hydrogen) atoms. The third-order valence-corrected chi connectivity index (χ3v) is 7.45. The molecular weight excluding hydrogens is 554 g/mol. The van der Waals surface area contributed by atoms with Crippen molar-refractivity contribution in [3.05, 3.63) is 100 Å². The zero-order valence-corrected chi connectivity index (χ0v) is 28.5. The Hall–Kier alpha value is -2.71. The monoisotopic (exact) mass is 604 g/mol. The van der Waals surface area contributed by atoms with Gasteiger partial charge in [0.25, 0.3) is 0 Å². The fraction of sp³-hybridized carbons (Fsp3) is 0.459. The maximum absolute atomic E-state index is 5.12. The van der Waals surface area contributed by atoms with Crippen LogP contribution < -0.4 is 0 Å². The fourth-order valence-corrected chi connectivity index (χ4v) is 5.01. The molecule has 0 aliphatic carbocycles. The molecular formula is C37H50CrN3O-. The first-order valence-corrected chi connectivity index (χ1v) is 15.3. The first-order chi connectivity index (χ1) is 19.5. The van der Waals surface area contributed by atoms with Gasteiger partial charge in [-0.25, -0.2) is 4.98 Å². The van der Waals surface area contributed by atoms with Crippen LogP contribution in [0.25, 0.3) is 11.0 Å². The minimum Gasteiger partial charge on any atom is -0.656 e. The molecule has 0 spiro atoms. The van der Waals surface area contributed by atoms with Crippen LogP contribution in [0.1, 0.15) is 132 Å². The normalized spacial score (nSPS) is 13.3. The largest absolute Gasteiger partial charge is 0.656 e.